The summed E-state index contributed by atoms with van der Waals surface area (Å²) in [4.78, 5) is 19.5. The van der Waals surface area contributed by atoms with Crippen molar-refractivity contribution < 1.29 is 9.18 Å². The van der Waals surface area contributed by atoms with Crippen molar-refractivity contribution in [1.82, 2.24) is 9.88 Å². The number of rotatable bonds is 5. The van der Waals surface area contributed by atoms with Gasteiger partial charge in [0.1, 0.15) is 5.82 Å². The first-order valence-corrected chi connectivity index (χ1v) is 10.3. The standard InChI is InChI=1S/C25H25FN2O.2ClH/c26-23-12-10-20(11-13-23)21-6-3-7-22(17-21)25(29)28-16-2-1-8-24(28)14-9-19-5-4-15-27-18-19;;/h3-7,10-13,15,17-18,24H,1-2,8-9,14,16H2;2*1H. The second-order valence-electron chi connectivity index (χ2n) is 7.64. The van der Waals surface area contributed by atoms with Crippen molar-refractivity contribution >= 4 is 30.7 Å². The first-order valence-electron chi connectivity index (χ1n) is 10.3. The second kappa shape index (κ2) is 11.8. The van der Waals surface area contributed by atoms with Gasteiger partial charge in [-0.05, 0) is 79.1 Å². The van der Waals surface area contributed by atoms with Crippen LogP contribution >= 0.6 is 24.8 Å². The van der Waals surface area contributed by atoms with Gasteiger partial charge in [-0.25, -0.2) is 4.39 Å². The number of amides is 1. The smallest absolute Gasteiger partial charge is 0.254 e. The Bertz CT molecular complexity index is 967. The predicted molar refractivity (Wildman–Crippen MR) is 128 cm³/mol. The molecule has 1 aromatic heterocycles. The Morgan fingerprint density at radius 3 is 2.55 bits per heavy atom. The molecule has 1 amide bonds. The summed E-state index contributed by atoms with van der Waals surface area (Å²) in [5.74, 6) is -0.171. The molecule has 0 spiro atoms. The van der Waals surface area contributed by atoms with Crippen molar-refractivity contribution in [2.24, 2.45) is 0 Å². The van der Waals surface area contributed by atoms with E-state index in [4.69, 9.17) is 0 Å². The van der Waals surface area contributed by atoms with Crippen LogP contribution in [0.1, 0.15) is 41.6 Å². The molecule has 31 heavy (non-hydrogen) atoms. The van der Waals surface area contributed by atoms with Crippen molar-refractivity contribution in [3.05, 3.63) is 90.0 Å². The van der Waals surface area contributed by atoms with Crippen LogP contribution in [0.5, 0.6) is 0 Å². The number of carbonyl (C=O) groups excluding carboxylic acids is 1. The molecule has 2 heterocycles. The number of nitrogens with zero attached hydrogens (tertiary/aromatic N) is 2. The monoisotopic (exact) mass is 460 g/mol. The highest BCUT2D eigenvalue weighted by Crippen LogP contribution is 2.26. The molecule has 1 atom stereocenters. The topological polar surface area (TPSA) is 33.2 Å². The van der Waals surface area contributed by atoms with Gasteiger partial charge < -0.3 is 4.90 Å². The van der Waals surface area contributed by atoms with E-state index in [1.165, 1.54) is 17.7 Å². The van der Waals surface area contributed by atoms with E-state index in [0.29, 0.717) is 5.56 Å². The maximum Gasteiger partial charge on any atom is 0.254 e. The second-order valence-corrected chi connectivity index (χ2v) is 7.64. The number of hydrogen-bond donors (Lipinski definition) is 0. The predicted octanol–water partition coefficient (Wildman–Crippen LogP) is 6.36. The van der Waals surface area contributed by atoms with E-state index < -0.39 is 0 Å². The van der Waals surface area contributed by atoms with Gasteiger partial charge in [0.15, 0.2) is 0 Å². The summed E-state index contributed by atoms with van der Waals surface area (Å²) >= 11 is 0. The van der Waals surface area contributed by atoms with Crippen LogP contribution in [0, 0.1) is 5.82 Å². The SMILES string of the molecule is Cl.Cl.O=C(c1cccc(-c2ccc(F)cc2)c1)N1CCCCC1CCc1cccnc1. The van der Waals surface area contributed by atoms with E-state index in [-0.39, 0.29) is 42.6 Å². The largest absolute Gasteiger partial charge is 0.336 e. The Hall–Kier alpha value is -2.43. The fraction of sp³-hybridized carbons (Fsp3) is 0.280. The Balaban J connectivity index is 0.00000171. The summed E-state index contributed by atoms with van der Waals surface area (Å²) in [6.45, 7) is 0.803. The first-order chi connectivity index (χ1) is 14.2. The Morgan fingerprint density at radius 2 is 1.81 bits per heavy atom. The number of carbonyl (C=O) groups is 1. The highest BCUT2D eigenvalue weighted by atomic mass is 35.5. The molecule has 3 nitrogen and oxygen atoms in total. The zero-order chi connectivity index (χ0) is 20.1. The molecule has 0 saturated carbocycles. The van der Waals surface area contributed by atoms with Crippen LogP contribution in [-0.2, 0) is 6.42 Å². The van der Waals surface area contributed by atoms with Crippen molar-refractivity contribution in [2.45, 2.75) is 38.1 Å². The molecular formula is C25H27Cl2FN2O. The van der Waals surface area contributed by atoms with Gasteiger partial charge in [0.05, 0.1) is 0 Å². The molecule has 4 rings (SSSR count). The number of halogens is 3. The third kappa shape index (κ3) is 6.28. The van der Waals surface area contributed by atoms with Gasteiger partial charge in [-0.2, -0.15) is 0 Å². The average Bonchev–Trinajstić information content (AvgIpc) is 2.79. The van der Waals surface area contributed by atoms with Gasteiger partial charge in [-0.1, -0.05) is 30.3 Å². The number of benzene rings is 2. The molecule has 2 aromatic carbocycles. The first kappa shape index (κ1) is 24.8. The minimum Gasteiger partial charge on any atom is -0.336 e. The van der Waals surface area contributed by atoms with Crippen molar-refractivity contribution in [3.63, 3.8) is 0 Å². The van der Waals surface area contributed by atoms with Crippen LogP contribution < -0.4 is 0 Å². The van der Waals surface area contributed by atoms with Crippen molar-refractivity contribution in [1.29, 1.82) is 0 Å². The highest BCUT2D eigenvalue weighted by molar-refractivity contribution is 5.95. The normalized spacial score (nSPS) is 15.5. The minimum atomic E-state index is -0.259. The van der Waals surface area contributed by atoms with Gasteiger partial charge >= 0.3 is 0 Å². The molecular weight excluding hydrogens is 434 g/mol. The van der Waals surface area contributed by atoms with Crippen LogP contribution in [0.2, 0.25) is 0 Å². The molecule has 6 heteroatoms. The summed E-state index contributed by atoms with van der Waals surface area (Å²) in [6, 6.07) is 18.4. The van der Waals surface area contributed by atoms with Crippen LogP contribution in [0.25, 0.3) is 11.1 Å². The number of aryl methyl sites for hydroxylation is 1. The summed E-state index contributed by atoms with van der Waals surface area (Å²) in [5.41, 5.74) is 3.75. The van der Waals surface area contributed by atoms with E-state index in [1.807, 2.05) is 41.4 Å². The number of hydrogen-bond acceptors (Lipinski definition) is 2. The van der Waals surface area contributed by atoms with Crippen molar-refractivity contribution in [2.75, 3.05) is 6.54 Å². The summed E-state index contributed by atoms with van der Waals surface area (Å²) in [5, 5.41) is 0. The van der Waals surface area contributed by atoms with E-state index in [9.17, 15) is 9.18 Å². The molecule has 0 radical (unpaired) electrons. The third-order valence-corrected chi connectivity index (χ3v) is 5.66. The third-order valence-electron chi connectivity index (χ3n) is 5.66. The minimum absolute atomic E-state index is 0. The lowest BCUT2D eigenvalue weighted by molar-refractivity contribution is 0.0602. The number of aromatic nitrogens is 1. The lowest BCUT2D eigenvalue weighted by atomic mass is 9.95. The zero-order valence-electron chi connectivity index (χ0n) is 17.2. The Kier molecular flexibility index (Phi) is 9.47. The fourth-order valence-corrected chi connectivity index (χ4v) is 4.09. The molecule has 0 aliphatic carbocycles. The molecule has 164 valence electrons. The van der Waals surface area contributed by atoms with E-state index in [0.717, 1.165) is 49.8 Å². The lowest BCUT2D eigenvalue weighted by Gasteiger charge is -2.36. The molecule has 1 aliphatic rings. The highest BCUT2D eigenvalue weighted by Gasteiger charge is 2.27. The zero-order valence-corrected chi connectivity index (χ0v) is 18.9. The molecule has 1 unspecified atom stereocenters. The molecule has 0 bridgehead atoms. The van der Waals surface area contributed by atoms with E-state index in [1.54, 1.807) is 18.3 Å². The molecule has 1 fully saturated rings. The van der Waals surface area contributed by atoms with E-state index in [2.05, 4.69) is 11.1 Å². The maximum atomic E-state index is 13.3. The maximum absolute atomic E-state index is 13.3. The summed E-state index contributed by atoms with van der Waals surface area (Å²) in [6.07, 6.45) is 8.83. The molecule has 0 N–H and O–H groups in total. The van der Waals surface area contributed by atoms with Gasteiger partial charge in [-0.3, -0.25) is 9.78 Å². The fourth-order valence-electron chi connectivity index (χ4n) is 4.09. The quantitative estimate of drug-likeness (QED) is 0.443. The van der Waals surface area contributed by atoms with Gasteiger partial charge in [0, 0.05) is 30.5 Å². The average molecular weight is 461 g/mol. The van der Waals surface area contributed by atoms with Gasteiger partial charge in [0.2, 0.25) is 0 Å². The molecule has 1 saturated heterocycles. The van der Waals surface area contributed by atoms with E-state index >= 15 is 0 Å². The van der Waals surface area contributed by atoms with Crippen LogP contribution in [0.4, 0.5) is 4.39 Å². The van der Waals surface area contributed by atoms with Crippen LogP contribution in [-0.4, -0.2) is 28.4 Å². The summed E-state index contributed by atoms with van der Waals surface area (Å²) in [7, 11) is 0. The molecule has 3 aromatic rings. The number of likely N-dealkylation sites (tertiary alicyclic amines) is 1. The van der Waals surface area contributed by atoms with Crippen LogP contribution in [0.3, 0.4) is 0 Å². The van der Waals surface area contributed by atoms with Gasteiger partial charge in [-0.15, -0.1) is 24.8 Å². The van der Waals surface area contributed by atoms with Crippen molar-refractivity contribution in [3.8, 4) is 11.1 Å². The molecule has 1 aliphatic heterocycles. The Labute approximate surface area is 195 Å². The number of pyridine rings is 1. The summed E-state index contributed by atoms with van der Waals surface area (Å²) < 4.78 is 13.2. The Morgan fingerprint density at radius 1 is 1.00 bits per heavy atom. The number of piperidine rings is 1. The lowest BCUT2D eigenvalue weighted by Crippen LogP contribution is -2.44. The van der Waals surface area contributed by atoms with Crippen LogP contribution in [0.15, 0.2) is 73.1 Å². The van der Waals surface area contributed by atoms with Gasteiger partial charge in [0.25, 0.3) is 5.91 Å².